The Kier molecular flexibility index (Phi) is 4.57. The number of amides is 2. The maximum Gasteiger partial charge on any atom is 0.314 e. The van der Waals surface area contributed by atoms with Crippen LogP contribution in [0.5, 0.6) is 0 Å². The van der Waals surface area contributed by atoms with Gasteiger partial charge >= 0.3 is 6.03 Å². The predicted molar refractivity (Wildman–Crippen MR) is 49.1 cm³/mol. The van der Waals surface area contributed by atoms with E-state index in [1.807, 2.05) is 0 Å². The lowest BCUT2D eigenvalue weighted by molar-refractivity contribution is 0.240. The zero-order chi connectivity index (χ0) is 8.65. The average Bonchev–Trinajstić information content (AvgIpc) is 2.11. The van der Waals surface area contributed by atoms with E-state index in [4.69, 9.17) is 0 Å². The third kappa shape index (κ3) is 4.21. The van der Waals surface area contributed by atoms with Crippen LogP contribution in [-0.2, 0) is 0 Å². The number of hydrogen-bond acceptors (Lipinski definition) is 1. The van der Waals surface area contributed by atoms with Crippen LogP contribution in [0.1, 0.15) is 38.5 Å². The largest absolute Gasteiger partial charge is 0.338 e. The molecule has 2 N–H and O–H groups in total. The Balaban J connectivity index is 2.17. The normalized spacial score (nSPS) is 21.8. The molecule has 1 fully saturated rings. The Morgan fingerprint density at radius 3 is 1.67 bits per heavy atom. The van der Waals surface area contributed by atoms with E-state index >= 15 is 0 Å². The number of carbonyl (C=O) groups excluding carboxylic acids is 1. The van der Waals surface area contributed by atoms with Crippen molar-refractivity contribution in [2.24, 2.45) is 0 Å². The molecule has 3 nitrogen and oxygen atoms in total. The summed E-state index contributed by atoms with van der Waals surface area (Å²) in [6.07, 6.45) is 7.37. The number of nitrogens with one attached hydrogen (secondary N) is 2. The van der Waals surface area contributed by atoms with E-state index in [9.17, 15) is 4.79 Å². The third-order valence-corrected chi connectivity index (χ3v) is 2.17. The predicted octanol–water partition coefficient (Wildman–Crippen LogP) is 1.64. The van der Waals surface area contributed by atoms with Crippen LogP contribution < -0.4 is 10.6 Å². The molecule has 0 spiro atoms. The van der Waals surface area contributed by atoms with Gasteiger partial charge in [0.1, 0.15) is 0 Å². The molecule has 12 heavy (non-hydrogen) atoms. The van der Waals surface area contributed by atoms with Crippen molar-refractivity contribution in [3.8, 4) is 0 Å². The first-order chi connectivity index (χ1) is 5.89. The van der Waals surface area contributed by atoms with Crippen molar-refractivity contribution < 1.29 is 4.79 Å². The van der Waals surface area contributed by atoms with Crippen LogP contribution in [0.25, 0.3) is 0 Å². The van der Waals surface area contributed by atoms with Crippen LogP contribution in [0.15, 0.2) is 0 Å². The Morgan fingerprint density at radius 2 is 1.17 bits per heavy atom. The van der Waals surface area contributed by atoms with Crippen LogP contribution >= 0.6 is 0 Å². The molecule has 0 aliphatic carbocycles. The molecule has 1 saturated heterocycles. The summed E-state index contributed by atoms with van der Waals surface area (Å²) in [5.41, 5.74) is 0. The number of rotatable bonds is 0. The molecule has 1 rings (SSSR count). The molecule has 0 aromatic carbocycles. The lowest BCUT2D eigenvalue weighted by Crippen LogP contribution is -2.36. The van der Waals surface area contributed by atoms with Gasteiger partial charge in [0.25, 0.3) is 0 Å². The molecule has 1 heterocycles. The first-order valence-corrected chi connectivity index (χ1v) is 4.91. The Bertz CT molecular complexity index is 122. The van der Waals surface area contributed by atoms with E-state index in [0.29, 0.717) is 0 Å². The highest BCUT2D eigenvalue weighted by molar-refractivity contribution is 5.73. The van der Waals surface area contributed by atoms with Crippen LogP contribution in [0, 0.1) is 0 Å². The Labute approximate surface area is 73.9 Å². The van der Waals surface area contributed by atoms with Gasteiger partial charge in [-0.15, -0.1) is 0 Å². The monoisotopic (exact) mass is 170 g/mol. The maximum atomic E-state index is 11.0. The first-order valence-electron chi connectivity index (χ1n) is 4.91. The van der Waals surface area contributed by atoms with Crippen LogP contribution in [0.4, 0.5) is 4.79 Å². The van der Waals surface area contributed by atoms with E-state index in [1.54, 1.807) is 0 Å². The van der Waals surface area contributed by atoms with Gasteiger partial charge in [0.15, 0.2) is 0 Å². The SMILES string of the molecule is O=C1NCCCCCCCCN1. The van der Waals surface area contributed by atoms with Gasteiger partial charge in [-0.2, -0.15) is 0 Å². The van der Waals surface area contributed by atoms with E-state index in [2.05, 4.69) is 10.6 Å². The number of carbonyl (C=O) groups is 1. The van der Waals surface area contributed by atoms with Crippen molar-refractivity contribution in [2.45, 2.75) is 38.5 Å². The zero-order valence-electron chi connectivity index (χ0n) is 7.57. The van der Waals surface area contributed by atoms with E-state index < -0.39 is 0 Å². The van der Waals surface area contributed by atoms with Crippen molar-refractivity contribution in [3.05, 3.63) is 0 Å². The van der Waals surface area contributed by atoms with Crippen LogP contribution in [0.2, 0.25) is 0 Å². The molecule has 1 aliphatic rings. The fourth-order valence-electron chi connectivity index (χ4n) is 1.42. The first kappa shape index (κ1) is 9.36. The van der Waals surface area contributed by atoms with Gasteiger partial charge in [0, 0.05) is 13.1 Å². The topological polar surface area (TPSA) is 41.1 Å². The van der Waals surface area contributed by atoms with Gasteiger partial charge in [0.05, 0.1) is 0 Å². The van der Waals surface area contributed by atoms with E-state index in [-0.39, 0.29) is 6.03 Å². The molecule has 0 radical (unpaired) electrons. The fraction of sp³-hybridized carbons (Fsp3) is 0.889. The summed E-state index contributed by atoms with van der Waals surface area (Å²) in [6, 6.07) is -0.00287. The molecule has 1 aliphatic heterocycles. The molecular weight excluding hydrogens is 152 g/mol. The third-order valence-electron chi connectivity index (χ3n) is 2.17. The van der Waals surface area contributed by atoms with Crippen molar-refractivity contribution >= 4 is 6.03 Å². The lowest BCUT2D eigenvalue weighted by Gasteiger charge is -2.04. The second-order valence-electron chi connectivity index (χ2n) is 3.30. The summed E-state index contributed by atoms with van der Waals surface area (Å²) in [5.74, 6) is 0. The quantitative estimate of drug-likeness (QED) is 0.570. The molecule has 3 heteroatoms. The fourth-order valence-corrected chi connectivity index (χ4v) is 1.42. The molecule has 0 saturated carbocycles. The minimum absolute atomic E-state index is 0.00287. The molecule has 0 aromatic heterocycles. The van der Waals surface area contributed by atoms with Gasteiger partial charge in [0.2, 0.25) is 0 Å². The lowest BCUT2D eigenvalue weighted by atomic mass is 10.1. The second-order valence-corrected chi connectivity index (χ2v) is 3.30. The summed E-state index contributed by atoms with van der Waals surface area (Å²) in [4.78, 5) is 11.0. The van der Waals surface area contributed by atoms with Gasteiger partial charge in [-0.05, 0) is 12.8 Å². The van der Waals surface area contributed by atoms with E-state index in [0.717, 1.165) is 25.9 Å². The van der Waals surface area contributed by atoms with Crippen molar-refractivity contribution in [1.82, 2.24) is 10.6 Å². The highest BCUT2D eigenvalue weighted by Gasteiger charge is 2.00. The molecule has 0 bridgehead atoms. The highest BCUT2D eigenvalue weighted by Crippen LogP contribution is 2.04. The molecule has 2 amide bonds. The summed E-state index contributed by atoms with van der Waals surface area (Å²) in [5, 5.41) is 5.66. The van der Waals surface area contributed by atoms with Gasteiger partial charge in [-0.25, -0.2) is 4.79 Å². The molecular formula is C9H18N2O. The Morgan fingerprint density at radius 1 is 0.750 bits per heavy atom. The van der Waals surface area contributed by atoms with Crippen LogP contribution in [0.3, 0.4) is 0 Å². The zero-order valence-corrected chi connectivity index (χ0v) is 7.57. The van der Waals surface area contributed by atoms with Crippen molar-refractivity contribution in [3.63, 3.8) is 0 Å². The molecule has 0 aromatic rings. The molecule has 70 valence electrons. The smallest absolute Gasteiger partial charge is 0.314 e. The van der Waals surface area contributed by atoms with E-state index in [1.165, 1.54) is 25.7 Å². The van der Waals surface area contributed by atoms with Gasteiger partial charge in [-0.3, -0.25) is 0 Å². The number of urea groups is 1. The standard InChI is InChI=1S/C9H18N2O/c12-9-10-7-5-3-1-2-4-6-8-11-9/h1-8H2,(H2,10,11,12). The highest BCUT2D eigenvalue weighted by atomic mass is 16.2. The van der Waals surface area contributed by atoms with Gasteiger partial charge < -0.3 is 10.6 Å². The molecule has 0 unspecified atom stereocenters. The second kappa shape index (κ2) is 5.86. The van der Waals surface area contributed by atoms with Gasteiger partial charge in [-0.1, -0.05) is 25.7 Å². The molecule has 0 atom stereocenters. The van der Waals surface area contributed by atoms with Crippen molar-refractivity contribution in [1.29, 1.82) is 0 Å². The summed E-state index contributed by atoms with van der Waals surface area (Å²) < 4.78 is 0. The summed E-state index contributed by atoms with van der Waals surface area (Å²) in [6.45, 7) is 1.65. The Hall–Kier alpha value is -0.730. The summed E-state index contributed by atoms with van der Waals surface area (Å²) in [7, 11) is 0. The summed E-state index contributed by atoms with van der Waals surface area (Å²) >= 11 is 0. The van der Waals surface area contributed by atoms with Crippen molar-refractivity contribution in [2.75, 3.05) is 13.1 Å². The minimum atomic E-state index is -0.00287. The maximum absolute atomic E-state index is 11.0. The minimum Gasteiger partial charge on any atom is -0.338 e. The van der Waals surface area contributed by atoms with Crippen LogP contribution in [-0.4, -0.2) is 19.1 Å². The average molecular weight is 170 g/mol. The number of hydrogen-bond donors (Lipinski definition) is 2.